The molecule has 1 aromatic heterocycles. The van der Waals surface area contributed by atoms with Crippen LogP contribution >= 0.6 is 0 Å². The van der Waals surface area contributed by atoms with Gasteiger partial charge in [-0.15, -0.1) is 0 Å². The van der Waals surface area contributed by atoms with Crippen LogP contribution in [0.15, 0.2) is 6.07 Å². The van der Waals surface area contributed by atoms with Crippen LogP contribution in [0.1, 0.15) is 24.5 Å². The molecule has 1 atom stereocenters. The molecule has 0 aliphatic carbocycles. The Morgan fingerprint density at radius 2 is 2.14 bits per heavy atom. The number of hydrogen-bond acceptors (Lipinski definition) is 6. The predicted molar refractivity (Wildman–Crippen MR) is 75.9 cm³/mol. The predicted octanol–water partition coefficient (Wildman–Crippen LogP) is -0.114. The first-order chi connectivity index (χ1) is 10.0. The number of morpholine rings is 1. The molecule has 7 heteroatoms. The molecule has 1 N–H and O–H groups in total. The number of ether oxygens (including phenoxy) is 1. The van der Waals surface area contributed by atoms with Gasteiger partial charge in [-0.05, 0) is 6.92 Å². The van der Waals surface area contributed by atoms with Crippen molar-refractivity contribution in [2.45, 2.75) is 26.1 Å². The molecule has 1 amide bonds. The molecule has 0 radical (unpaired) electrons. The van der Waals surface area contributed by atoms with E-state index in [1.165, 1.54) is 0 Å². The second-order valence-corrected chi connectivity index (χ2v) is 5.58. The molecule has 0 bridgehead atoms. The highest BCUT2D eigenvalue weighted by Crippen LogP contribution is 2.25. The summed E-state index contributed by atoms with van der Waals surface area (Å²) < 4.78 is 5.75. The van der Waals surface area contributed by atoms with Crippen molar-refractivity contribution in [3.8, 4) is 0 Å². The Morgan fingerprint density at radius 3 is 2.81 bits per heavy atom. The smallest absolute Gasteiger partial charge is 0.219 e. The molecule has 0 spiro atoms. The van der Waals surface area contributed by atoms with Gasteiger partial charge < -0.3 is 19.6 Å². The quantitative estimate of drug-likeness (QED) is 0.819. The summed E-state index contributed by atoms with van der Waals surface area (Å²) in [6.45, 7) is 6.28. The molecule has 2 aliphatic rings. The first-order valence-corrected chi connectivity index (χ1v) is 7.18. The zero-order chi connectivity index (χ0) is 15.0. The maximum atomic E-state index is 11.5. The molecule has 114 valence electrons. The number of aryl methyl sites for hydroxylation is 1. The summed E-state index contributed by atoms with van der Waals surface area (Å²) in [5, 5.41) is 9.41. The van der Waals surface area contributed by atoms with Crippen molar-refractivity contribution in [2.24, 2.45) is 0 Å². The van der Waals surface area contributed by atoms with E-state index in [0.29, 0.717) is 38.6 Å². The van der Waals surface area contributed by atoms with Gasteiger partial charge in [0.05, 0.1) is 24.9 Å². The second kappa shape index (κ2) is 5.57. The third-order valence-corrected chi connectivity index (χ3v) is 3.87. The fourth-order valence-corrected chi connectivity index (χ4v) is 2.66. The van der Waals surface area contributed by atoms with Crippen LogP contribution in [0.25, 0.3) is 0 Å². The summed E-state index contributed by atoms with van der Waals surface area (Å²) in [7, 11) is 0. The third kappa shape index (κ3) is 2.98. The maximum Gasteiger partial charge on any atom is 0.219 e. The van der Waals surface area contributed by atoms with Gasteiger partial charge in [0.15, 0.2) is 0 Å². The monoisotopic (exact) mass is 292 g/mol. The van der Waals surface area contributed by atoms with Crippen molar-refractivity contribution in [1.82, 2.24) is 14.9 Å². The third-order valence-electron chi connectivity index (χ3n) is 3.87. The lowest BCUT2D eigenvalue weighted by Crippen LogP contribution is -2.51. The van der Waals surface area contributed by atoms with Gasteiger partial charge in [0, 0.05) is 32.6 Å². The summed E-state index contributed by atoms with van der Waals surface area (Å²) in [5.41, 5.74) is 0.796. The van der Waals surface area contributed by atoms with E-state index < -0.39 is 0 Å². The highest BCUT2D eigenvalue weighted by Gasteiger charge is 2.29. The van der Waals surface area contributed by atoms with Crippen molar-refractivity contribution >= 4 is 11.7 Å². The van der Waals surface area contributed by atoms with Gasteiger partial charge in [-0.3, -0.25) is 4.79 Å². The summed E-state index contributed by atoms with van der Waals surface area (Å²) in [4.78, 5) is 24.2. The van der Waals surface area contributed by atoms with Crippen LogP contribution in [-0.4, -0.2) is 64.8 Å². The molecule has 3 rings (SSSR count). The molecular weight excluding hydrogens is 272 g/mol. The molecule has 3 heterocycles. The Morgan fingerprint density at radius 1 is 1.38 bits per heavy atom. The number of nitrogens with zero attached hydrogens (tertiary/aromatic N) is 4. The van der Waals surface area contributed by atoms with Crippen LogP contribution in [0.4, 0.5) is 5.82 Å². The maximum absolute atomic E-state index is 11.5. The summed E-state index contributed by atoms with van der Waals surface area (Å²) in [6.07, 6.45) is -0.489. The van der Waals surface area contributed by atoms with E-state index in [2.05, 4.69) is 9.97 Å². The number of hydrogen-bond donors (Lipinski definition) is 1. The summed E-state index contributed by atoms with van der Waals surface area (Å²) in [5.74, 6) is 1.54. The van der Waals surface area contributed by atoms with E-state index in [4.69, 9.17) is 4.74 Å². The van der Waals surface area contributed by atoms with Gasteiger partial charge in [-0.1, -0.05) is 0 Å². The van der Waals surface area contributed by atoms with E-state index in [-0.39, 0.29) is 18.1 Å². The van der Waals surface area contributed by atoms with E-state index in [0.717, 1.165) is 11.5 Å². The number of β-amino-alcohol motifs (C(OH)–C–C–N with tert-alkyl or cyclic N) is 1. The minimum Gasteiger partial charge on any atom is -0.389 e. The Kier molecular flexibility index (Phi) is 3.77. The molecule has 21 heavy (non-hydrogen) atoms. The van der Waals surface area contributed by atoms with Gasteiger partial charge in [-0.25, -0.2) is 9.97 Å². The Labute approximate surface area is 123 Å². The van der Waals surface area contributed by atoms with Crippen LogP contribution in [0, 0.1) is 6.92 Å². The zero-order valence-electron chi connectivity index (χ0n) is 12.3. The molecule has 2 fully saturated rings. The lowest BCUT2D eigenvalue weighted by atomic mass is 10.1. The number of aliphatic hydroxyl groups is 1. The lowest BCUT2D eigenvalue weighted by molar-refractivity contribution is -0.136. The number of aliphatic hydroxyl groups excluding tert-OH is 1. The van der Waals surface area contributed by atoms with E-state index in [1.54, 1.807) is 11.8 Å². The van der Waals surface area contributed by atoms with Crippen molar-refractivity contribution in [3.63, 3.8) is 0 Å². The van der Waals surface area contributed by atoms with Crippen LogP contribution in [0.2, 0.25) is 0 Å². The SMILES string of the molecule is CC(=O)N1CCO[C@@H](c2cc(N3CC(O)C3)nc(C)n2)C1. The Bertz CT molecular complexity index is 545. The van der Waals surface area contributed by atoms with Crippen LogP contribution in [-0.2, 0) is 9.53 Å². The zero-order valence-corrected chi connectivity index (χ0v) is 12.3. The molecule has 0 aromatic carbocycles. The first-order valence-electron chi connectivity index (χ1n) is 7.18. The summed E-state index contributed by atoms with van der Waals surface area (Å²) >= 11 is 0. The summed E-state index contributed by atoms with van der Waals surface area (Å²) in [6, 6.07) is 1.90. The largest absolute Gasteiger partial charge is 0.389 e. The molecule has 2 saturated heterocycles. The minimum absolute atomic E-state index is 0.0557. The molecule has 0 saturated carbocycles. The van der Waals surface area contributed by atoms with Gasteiger partial charge in [0.2, 0.25) is 5.91 Å². The number of aromatic nitrogens is 2. The fourth-order valence-electron chi connectivity index (χ4n) is 2.66. The van der Waals surface area contributed by atoms with E-state index in [9.17, 15) is 9.90 Å². The van der Waals surface area contributed by atoms with Crippen molar-refractivity contribution in [2.75, 3.05) is 37.7 Å². The lowest BCUT2D eigenvalue weighted by Gasteiger charge is -2.37. The van der Waals surface area contributed by atoms with Gasteiger partial charge in [-0.2, -0.15) is 0 Å². The average Bonchev–Trinajstić information content (AvgIpc) is 2.43. The number of carbonyl (C=O) groups is 1. The average molecular weight is 292 g/mol. The van der Waals surface area contributed by atoms with Crippen molar-refractivity contribution in [3.05, 3.63) is 17.6 Å². The van der Waals surface area contributed by atoms with Gasteiger partial charge >= 0.3 is 0 Å². The second-order valence-electron chi connectivity index (χ2n) is 5.58. The van der Waals surface area contributed by atoms with Crippen LogP contribution in [0.5, 0.6) is 0 Å². The molecule has 0 unspecified atom stereocenters. The number of amides is 1. The molecular formula is C14H20N4O3. The molecule has 7 nitrogen and oxygen atoms in total. The first kappa shape index (κ1) is 14.2. The normalized spacial score (nSPS) is 23.1. The Hall–Kier alpha value is -1.73. The van der Waals surface area contributed by atoms with E-state index >= 15 is 0 Å². The van der Waals surface area contributed by atoms with Gasteiger partial charge in [0.25, 0.3) is 0 Å². The molecule has 2 aliphatic heterocycles. The van der Waals surface area contributed by atoms with Crippen LogP contribution < -0.4 is 4.90 Å². The van der Waals surface area contributed by atoms with Crippen LogP contribution in [0.3, 0.4) is 0 Å². The topological polar surface area (TPSA) is 78.8 Å². The minimum atomic E-state index is -0.275. The van der Waals surface area contributed by atoms with Crippen molar-refractivity contribution in [1.29, 1.82) is 0 Å². The highest BCUT2D eigenvalue weighted by atomic mass is 16.5. The van der Waals surface area contributed by atoms with Crippen molar-refractivity contribution < 1.29 is 14.6 Å². The fraction of sp³-hybridized carbons (Fsp3) is 0.643. The van der Waals surface area contributed by atoms with E-state index in [1.807, 2.05) is 17.9 Å². The Balaban J connectivity index is 1.79. The number of rotatable bonds is 2. The number of anilines is 1. The highest BCUT2D eigenvalue weighted by molar-refractivity contribution is 5.73. The number of carbonyl (C=O) groups excluding carboxylic acids is 1. The van der Waals surface area contributed by atoms with Gasteiger partial charge in [0.1, 0.15) is 17.7 Å². The molecule has 1 aromatic rings. The standard InChI is InChI=1S/C14H20N4O3/c1-9-15-12(5-14(16-9)18-6-11(20)7-18)13-8-17(10(2)19)3-4-21-13/h5,11,13,20H,3-4,6-8H2,1-2H3/t13-/m1/s1.